The zero-order valence-corrected chi connectivity index (χ0v) is 19.6. The molecule has 0 spiro atoms. The third kappa shape index (κ3) is 7.38. The lowest BCUT2D eigenvalue weighted by Gasteiger charge is -2.36. The van der Waals surface area contributed by atoms with E-state index in [2.05, 4.69) is 62.9 Å². The van der Waals surface area contributed by atoms with Crippen molar-refractivity contribution in [1.82, 2.24) is 10.2 Å². The van der Waals surface area contributed by atoms with Gasteiger partial charge in [-0.25, -0.2) is 0 Å². The summed E-state index contributed by atoms with van der Waals surface area (Å²) >= 11 is 0. The number of benzene rings is 2. The Bertz CT molecular complexity index is 867. The molecule has 1 aliphatic heterocycles. The minimum atomic E-state index is -0.404. The van der Waals surface area contributed by atoms with Gasteiger partial charge in [-0.2, -0.15) is 0 Å². The van der Waals surface area contributed by atoms with Crippen molar-refractivity contribution in [3.05, 3.63) is 60.2 Å². The van der Waals surface area contributed by atoms with Gasteiger partial charge < -0.3 is 15.5 Å². The van der Waals surface area contributed by atoms with Gasteiger partial charge in [0.05, 0.1) is 0 Å². The monoisotopic (exact) mass is 436 g/mol. The number of rotatable bonds is 8. The van der Waals surface area contributed by atoms with Crippen molar-refractivity contribution in [1.29, 1.82) is 0 Å². The van der Waals surface area contributed by atoms with Crippen molar-refractivity contribution in [3.8, 4) is 0 Å². The van der Waals surface area contributed by atoms with Crippen LogP contribution < -0.4 is 15.5 Å². The average molecular weight is 437 g/mol. The summed E-state index contributed by atoms with van der Waals surface area (Å²) in [6.45, 7) is 11.2. The molecule has 2 amide bonds. The van der Waals surface area contributed by atoms with Gasteiger partial charge in [-0.3, -0.25) is 14.5 Å². The summed E-state index contributed by atoms with van der Waals surface area (Å²) in [6, 6.07) is 18.7. The van der Waals surface area contributed by atoms with Crippen LogP contribution in [0.15, 0.2) is 54.6 Å². The average Bonchev–Trinajstić information content (AvgIpc) is 2.78. The first-order chi connectivity index (χ1) is 15.3. The van der Waals surface area contributed by atoms with Gasteiger partial charge in [0.25, 0.3) is 0 Å². The Kier molecular flexibility index (Phi) is 8.28. The first-order valence-corrected chi connectivity index (χ1v) is 11.5. The van der Waals surface area contributed by atoms with Crippen LogP contribution in [0, 0.1) is 5.41 Å². The maximum atomic E-state index is 12.2. The summed E-state index contributed by atoms with van der Waals surface area (Å²) < 4.78 is 0. The molecule has 32 heavy (non-hydrogen) atoms. The second-order valence-corrected chi connectivity index (χ2v) is 9.45. The number of amides is 2. The largest absolute Gasteiger partial charge is 0.369 e. The Hall–Kier alpha value is -2.86. The minimum absolute atomic E-state index is 0.00870. The van der Waals surface area contributed by atoms with Gasteiger partial charge in [0.15, 0.2) is 0 Å². The highest BCUT2D eigenvalue weighted by atomic mass is 16.2. The second-order valence-electron chi connectivity index (χ2n) is 9.45. The number of hydrogen-bond donors (Lipinski definition) is 2. The van der Waals surface area contributed by atoms with E-state index < -0.39 is 5.41 Å². The predicted molar refractivity (Wildman–Crippen MR) is 131 cm³/mol. The van der Waals surface area contributed by atoms with E-state index in [1.54, 1.807) is 0 Å². The van der Waals surface area contributed by atoms with Crippen molar-refractivity contribution in [2.45, 2.75) is 40.2 Å². The van der Waals surface area contributed by atoms with Gasteiger partial charge in [0, 0.05) is 62.5 Å². The molecule has 0 radical (unpaired) electrons. The molecule has 2 N–H and O–H groups in total. The van der Waals surface area contributed by atoms with Gasteiger partial charge in [-0.1, -0.05) is 51.1 Å². The Morgan fingerprint density at radius 3 is 2.19 bits per heavy atom. The van der Waals surface area contributed by atoms with Crippen molar-refractivity contribution in [3.63, 3.8) is 0 Å². The molecule has 172 valence electrons. The molecule has 1 fully saturated rings. The van der Waals surface area contributed by atoms with E-state index in [0.29, 0.717) is 19.4 Å². The molecule has 0 atom stereocenters. The SMILES string of the molecule is CC(C)(C)C(=O)NCCCC(=O)Nc1ccc(N2CCN(Cc3ccccc3)CC2)cc1. The minimum Gasteiger partial charge on any atom is -0.369 e. The van der Waals surface area contributed by atoms with Crippen LogP contribution in [-0.2, 0) is 16.1 Å². The van der Waals surface area contributed by atoms with Crippen LogP contribution in [0.1, 0.15) is 39.2 Å². The van der Waals surface area contributed by atoms with E-state index in [1.165, 1.54) is 11.3 Å². The standard InChI is InChI=1S/C26H36N4O2/c1-26(2,3)25(32)27-15-7-10-24(31)28-22-11-13-23(14-12-22)30-18-16-29(17-19-30)20-21-8-5-4-6-9-21/h4-6,8-9,11-14H,7,10,15-20H2,1-3H3,(H,27,32)(H,28,31). The Labute approximate surface area is 192 Å². The lowest BCUT2D eigenvalue weighted by atomic mass is 9.96. The third-order valence-electron chi connectivity index (χ3n) is 5.68. The topological polar surface area (TPSA) is 64.7 Å². The van der Waals surface area contributed by atoms with Crippen LogP contribution in [0.5, 0.6) is 0 Å². The van der Waals surface area contributed by atoms with E-state index in [4.69, 9.17) is 0 Å². The fraction of sp³-hybridized carbons (Fsp3) is 0.462. The van der Waals surface area contributed by atoms with Crippen molar-refractivity contribution in [2.75, 3.05) is 42.9 Å². The number of piperazine rings is 1. The highest BCUT2D eigenvalue weighted by molar-refractivity contribution is 5.91. The highest BCUT2D eigenvalue weighted by Crippen LogP contribution is 2.20. The van der Waals surface area contributed by atoms with Crippen LogP contribution in [-0.4, -0.2) is 49.4 Å². The van der Waals surface area contributed by atoms with Crippen LogP contribution >= 0.6 is 0 Å². The molecule has 0 saturated carbocycles. The van der Waals surface area contributed by atoms with Gasteiger partial charge in [0.1, 0.15) is 0 Å². The summed E-state index contributed by atoms with van der Waals surface area (Å²) in [5.74, 6) is -0.0216. The second kappa shape index (κ2) is 11.1. The molecule has 0 bridgehead atoms. The third-order valence-corrected chi connectivity index (χ3v) is 5.68. The normalized spacial score (nSPS) is 14.8. The number of carbonyl (C=O) groups is 2. The van der Waals surface area contributed by atoms with Gasteiger partial charge in [-0.15, -0.1) is 0 Å². The van der Waals surface area contributed by atoms with Crippen molar-refractivity contribution < 1.29 is 9.59 Å². The number of carbonyl (C=O) groups excluding carboxylic acids is 2. The van der Waals surface area contributed by atoms with Crippen molar-refractivity contribution >= 4 is 23.2 Å². The summed E-state index contributed by atoms with van der Waals surface area (Å²) in [6.07, 6.45) is 1.01. The summed E-state index contributed by atoms with van der Waals surface area (Å²) in [7, 11) is 0. The summed E-state index contributed by atoms with van der Waals surface area (Å²) in [4.78, 5) is 28.9. The van der Waals surface area contributed by atoms with E-state index in [0.717, 1.165) is 38.4 Å². The van der Waals surface area contributed by atoms with Crippen LogP contribution in [0.25, 0.3) is 0 Å². The Morgan fingerprint density at radius 1 is 0.906 bits per heavy atom. The first kappa shape index (κ1) is 23.8. The molecule has 3 rings (SSSR count). The molecule has 2 aromatic carbocycles. The molecular formula is C26H36N4O2. The van der Waals surface area contributed by atoms with Gasteiger partial charge in [0.2, 0.25) is 11.8 Å². The van der Waals surface area contributed by atoms with E-state index in [-0.39, 0.29) is 11.8 Å². The Balaban J connectivity index is 1.37. The molecule has 0 unspecified atom stereocenters. The van der Waals surface area contributed by atoms with E-state index >= 15 is 0 Å². The van der Waals surface area contributed by atoms with Crippen LogP contribution in [0.3, 0.4) is 0 Å². The summed E-state index contributed by atoms with van der Waals surface area (Å²) in [5.41, 5.74) is 2.95. The molecule has 0 aliphatic carbocycles. The molecule has 1 heterocycles. The zero-order valence-electron chi connectivity index (χ0n) is 19.6. The fourth-order valence-electron chi connectivity index (χ4n) is 3.70. The van der Waals surface area contributed by atoms with Gasteiger partial charge in [-0.05, 0) is 36.2 Å². The maximum absolute atomic E-state index is 12.2. The van der Waals surface area contributed by atoms with E-state index in [1.807, 2.05) is 32.9 Å². The molecule has 6 nitrogen and oxygen atoms in total. The molecular weight excluding hydrogens is 400 g/mol. The number of hydrogen-bond acceptors (Lipinski definition) is 4. The highest BCUT2D eigenvalue weighted by Gasteiger charge is 2.20. The predicted octanol–water partition coefficient (Wildman–Crippen LogP) is 3.89. The summed E-state index contributed by atoms with van der Waals surface area (Å²) in [5, 5.41) is 5.82. The maximum Gasteiger partial charge on any atom is 0.225 e. The van der Waals surface area contributed by atoms with Crippen LogP contribution in [0.2, 0.25) is 0 Å². The molecule has 1 saturated heterocycles. The molecule has 2 aromatic rings. The van der Waals surface area contributed by atoms with Gasteiger partial charge >= 0.3 is 0 Å². The lowest BCUT2D eigenvalue weighted by Crippen LogP contribution is -2.45. The lowest BCUT2D eigenvalue weighted by molar-refractivity contribution is -0.128. The fourth-order valence-corrected chi connectivity index (χ4v) is 3.70. The smallest absolute Gasteiger partial charge is 0.225 e. The number of anilines is 2. The number of nitrogens with zero attached hydrogens (tertiary/aromatic N) is 2. The van der Waals surface area contributed by atoms with E-state index in [9.17, 15) is 9.59 Å². The molecule has 1 aliphatic rings. The molecule has 0 aromatic heterocycles. The quantitative estimate of drug-likeness (QED) is 0.616. The molecule has 6 heteroatoms. The first-order valence-electron chi connectivity index (χ1n) is 11.5. The van der Waals surface area contributed by atoms with Crippen LogP contribution in [0.4, 0.5) is 11.4 Å². The number of nitrogens with one attached hydrogen (secondary N) is 2. The Morgan fingerprint density at radius 2 is 1.56 bits per heavy atom. The zero-order chi connectivity index (χ0) is 23.0. The van der Waals surface area contributed by atoms with Crippen molar-refractivity contribution in [2.24, 2.45) is 5.41 Å².